The summed E-state index contributed by atoms with van der Waals surface area (Å²) in [4.78, 5) is 40.2. The van der Waals surface area contributed by atoms with E-state index < -0.39 is 23.5 Å². The highest BCUT2D eigenvalue weighted by Crippen LogP contribution is 2.33. The Morgan fingerprint density at radius 3 is 2.61 bits per heavy atom. The molecular formula is C30H24ClF3N8O2. The molecule has 5 aromatic rings. The SMILES string of the molecule is CC1CCCC(n2cnc(-c3cc(Cl)ccc3-n3cc(C(F)(F)F)nn3)cc2=O)c2cc(ccn2)-c2ncccc2NC1=O. The summed E-state index contributed by atoms with van der Waals surface area (Å²) in [5.41, 5.74) is 1.60. The molecule has 1 aromatic carbocycles. The van der Waals surface area contributed by atoms with E-state index in [9.17, 15) is 22.8 Å². The van der Waals surface area contributed by atoms with Crippen LogP contribution in [0.15, 0.2) is 78.2 Å². The maximum Gasteiger partial charge on any atom is 0.436 e. The highest BCUT2D eigenvalue weighted by atomic mass is 35.5. The zero-order chi connectivity index (χ0) is 31.0. The van der Waals surface area contributed by atoms with Crippen molar-refractivity contribution in [3.05, 3.63) is 100 Å². The van der Waals surface area contributed by atoms with Crippen LogP contribution in [-0.2, 0) is 11.0 Å². The fourth-order valence-electron chi connectivity index (χ4n) is 5.16. The molecular weight excluding hydrogens is 597 g/mol. The lowest BCUT2D eigenvalue weighted by molar-refractivity contribution is -0.141. The summed E-state index contributed by atoms with van der Waals surface area (Å²) < 4.78 is 42.0. The van der Waals surface area contributed by atoms with Crippen molar-refractivity contribution in [2.24, 2.45) is 5.92 Å². The van der Waals surface area contributed by atoms with E-state index in [0.29, 0.717) is 46.9 Å². The number of pyridine rings is 2. The van der Waals surface area contributed by atoms with Gasteiger partial charge in [-0.15, -0.1) is 5.10 Å². The molecule has 1 amide bonds. The minimum atomic E-state index is -4.68. The maximum atomic E-state index is 13.7. The molecule has 4 aromatic heterocycles. The Kier molecular flexibility index (Phi) is 7.72. The number of amides is 1. The number of hydrogen-bond acceptors (Lipinski definition) is 7. The summed E-state index contributed by atoms with van der Waals surface area (Å²) in [5.74, 6) is -0.413. The molecule has 1 aliphatic rings. The molecule has 10 nitrogen and oxygen atoms in total. The normalized spacial score (nSPS) is 17.2. The van der Waals surface area contributed by atoms with E-state index in [1.54, 1.807) is 30.6 Å². The second-order valence-electron chi connectivity index (χ2n) is 10.4. The number of hydrogen-bond donors (Lipinski definition) is 1. The highest BCUT2D eigenvalue weighted by Gasteiger charge is 2.35. The molecule has 2 atom stereocenters. The number of nitrogens with one attached hydrogen (secondary N) is 1. The molecule has 6 rings (SSSR count). The molecule has 14 heteroatoms. The van der Waals surface area contributed by atoms with Gasteiger partial charge in [-0.2, -0.15) is 13.2 Å². The number of halogens is 4. The third-order valence-electron chi connectivity index (χ3n) is 7.46. The van der Waals surface area contributed by atoms with Crippen molar-refractivity contribution < 1.29 is 18.0 Å². The topological polar surface area (TPSA) is 120 Å². The number of alkyl halides is 3. The summed E-state index contributed by atoms with van der Waals surface area (Å²) in [6.45, 7) is 1.85. The zero-order valence-corrected chi connectivity index (χ0v) is 23.9. The van der Waals surface area contributed by atoms with Crippen LogP contribution >= 0.6 is 11.6 Å². The zero-order valence-electron chi connectivity index (χ0n) is 23.2. The van der Waals surface area contributed by atoms with E-state index in [1.807, 2.05) is 13.0 Å². The van der Waals surface area contributed by atoms with Crippen molar-refractivity contribution in [2.75, 3.05) is 5.32 Å². The van der Waals surface area contributed by atoms with Crippen LogP contribution in [0.2, 0.25) is 5.02 Å². The van der Waals surface area contributed by atoms with Crippen molar-refractivity contribution in [2.45, 2.75) is 38.4 Å². The molecule has 0 radical (unpaired) electrons. The van der Waals surface area contributed by atoms with Gasteiger partial charge in [-0.1, -0.05) is 30.2 Å². The third kappa shape index (κ3) is 5.82. The Hall–Kier alpha value is -4.91. The van der Waals surface area contributed by atoms with Gasteiger partial charge < -0.3 is 5.32 Å². The van der Waals surface area contributed by atoms with Gasteiger partial charge in [0.25, 0.3) is 5.56 Å². The molecule has 0 saturated heterocycles. The Balaban J connectivity index is 1.42. The quantitative estimate of drug-likeness (QED) is 0.264. The average Bonchev–Trinajstić information content (AvgIpc) is 3.51. The third-order valence-corrected chi connectivity index (χ3v) is 7.70. The smallest absolute Gasteiger partial charge is 0.324 e. The van der Waals surface area contributed by atoms with E-state index in [4.69, 9.17) is 11.6 Å². The van der Waals surface area contributed by atoms with Crippen molar-refractivity contribution in [1.82, 2.24) is 34.5 Å². The molecule has 0 saturated carbocycles. The maximum absolute atomic E-state index is 13.7. The molecule has 44 heavy (non-hydrogen) atoms. The lowest BCUT2D eigenvalue weighted by Crippen LogP contribution is -2.27. The fourth-order valence-corrected chi connectivity index (χ4v) is 5.34. The molecule has 2 unspecified atom stereocenters. The molecule has 0 spiro atoms. The lowest BCUT2D eigenvalue weighted by atomic mass is 9.96. The number of fused-ring (bicyclic) bond motifs is 4. The van der Waals surface area contributed by atoms with Gasteiger partial charge in [0.1, 0.15) is 0 Å². The minimum absolute atomic E-state index is 0.124. The molecule has 2 bridgehead atoms. The highest BCUT2D eigenvalue weighted by molar-refractivity contribution is 6.31. The van der Waals surface area contributed by atoms with Crippen LogP contribution < -0.4 is 10.9 Å². The fraction of sp³-hybridized carbons (Fsp3) is 0.233. The van der Waals surface area contributed by atoms with E-state index in [1.165, 1.54) is 35.2 Å². The Morgan fingerprint density at radius 2 is 1.84 bits per heavy atom. The number of rotatable bonds is 3. The van der Waals surface area contributed by atoms with Crippen molar-refractivity contribution in [3.8, 4) is 28.2 Å². The van der Waals surface area contributed by atoms with Gasteiger partial charge in [-0.05, 0) is 55.3 Å². The molecule has 0 aliphatic carbocycles. The van der Waals surface area contributed by atoms with E-state index in [2.05, 4.69) is 30.6 Å². The van der Waals surface area contributed by atoms with Gasteiger partial charge in [0, 0.05) is 40.5 Å². The summed E-state index contributed by atoms with van der Waals surface area (Å²) in [5, 5.41) is 10.1. The number of carbonyl (C=O) groups excluding carboxylic acids is 1. The number of aromatic nitrogens is 7. The summed E-state index contributed by atoms with van der Waals surface area (Å²) in [6, 6.07) is 12.4. The number of nitrogens with zero attached hydrogens (tertiary/aromatic N) is 7. The minimum Gasteiger partial charge on any atom is -0.324 e. The van der Waals surface area contributed by atoms with Gasteiger partial charge in [0.05, 0.1) is 47.0 Å². The monoisotopic (exact) mass is 620 g/mol. The predicted molar refractivity (Wildman–Crippen MR) is 156 cm³/mol. The van der Waals surface area contributed by atoms with Gasteiger partial charge in [-0.3, -0.25) is 24.1 Å². The first-order valence-corrected chi connectivity index (χ1v) is 14.1. The second-order valence-corrected chi connectivity index (χ2v) is 10.9. The number of benzene rings is 1. The molecule has 1 aliphatic heterocycles. The lowest BCUT2D eigenvalue weighted by Gasteiger charge is -2.22. The number of anilines is 1. The van der Waals surface area contributed by atoms with E-state index >= 15 is 0 Å². The average molecular weight is 621 g/mol. The van der Waals surface area contributed by atoms with Crippen LogP contribution in [0.5, 0.6) is 0 Å². The number of carbonyl (C=O) groups is 1. The van der Waals surface area contributed by atoms with Crippen LogP contribution in [0.3, 0.4) is 0 Å². The van der Waals surface area contributed by atoms with Crippen molar-refractivity contribution >= 4 is 23.2 Å². The standard InChI is InChI=1S/C30H24ClF3N8O2/c1-17-4-2-6-25(23-12-18(9-11-35-23)28-21(38-29(17)44)5-3-10-36-28)41-16-37-22(14-27(41)43)20-13-19(31)7-8-24(20)42-15-26(39-40-42)30(32,33)34/h3,5,7-17,25H,2,4,6H2,1H3,(H,38,44). The van der Waals surface area contributed by atoms with Crippen LogP contribution in [0.25, 0.3) is 28.2 Å². The second kappa shape index (κ2) is 11.6. The Morgan fingerprint density at radius 1 is 1.00 bits per heavy atom. The first-order chi connectivity index (χ1) is 21.1. The largest absolute Gasteiger partial charge is 0.436 e. The van der Waals surface area contributed by atoms with Crippen LogP contribution in [-0.4, -0.2) is 40.4 Å². The molecule has 224 valence electrons. The molecule has 0 fully saturated rings. The van der Waals surface area contributed by atoms with E-state index in [0.717, 1.165) is 16.4 Å². The van der Waals surface area contributed by atoms with Gasteiger partial charge in [-0.25, -0.2) is 9.67 Å². The van der Waals surface area contributed by atoms with Crippen LogP contribution in [0, 0.1) is 5.92 Å². The van der Waals surface area contributed by atoms with Gasteiger partial charge in [0.15, 0.2) is 5.69 Å². The molecule has 1 N–H and O–H groups in total. The van der Waals surface area contributed by atoms with Crippen molar-refractivity contribution in [3.63, 3.8) is 0 Å². The summed E-state index contributed by atoms with van der Waals surface area (Å²) in [7, 11) is 0. The first-order valence-electron chi connectivity index (χ1n) is 13.7. The van der Waals surface area contributed by atoms with Crippen molar-refractivity contribution in [1.29, 1.82) is 0 Å². The van der Waals surface area contributed by atoms with Gasteiger partial charge in [0.2, 0.25) is 5.91 Å². The summed E-state index contributed by atoms with van der Waals surface area (Å²) >= 11 is 6.23. The first kappa shape index (κ1) is 29.2. The predicted octanol–water partition coefficient (Wildman–Crippen LogP) is 5.97. The van der Waals surface area contributed by atoms with E-state index in [-0.39, 0.29) is 23.2 Å². The van der Waals surface area contributed by atoms with Crippen LogP contribution in [0.1, 0.15) is 43.6 Å². The Bertz CT molecular complexity index is 1920. The van der Waals surface area contributed by atoms with Gasteiger partial charge >= 0.3 is 6.18 Å². The van der Waals surface area contributed by atoms with Crippen LogP contribution in [0.4, 0.5) is 18.9 Å². The summed E-state index contributed by atoms with van der Waals surface area (Å²) in [6.07, 6.45) is 2.41. The molecule has 5 heterocycles. The Labute approximate surface area is 253 Å².